The van der Waals surface area contributed by atoms with Crippen LogP contribution in [0.3, 0.4) is 0 Å². The molecule has 0 saturated carbocycles. The molecule has 20 heavy (non-hydrogen) atoms. The number of nitrogens with zero attached hydrogens (tertiary/aromatic N) is 3. The average molecular weight is 289 g/mol. The predicted molar refractivity (Wildman–Crippen MR) is 77.5 cm³/mol. The molecule has 5 nitrogen and oxygen atoms in total. The first-order chi connectivity index (χ1) is 9.74. The number of carboxylic acid groups (broad SMARTS) is 1. The van der Waals surface area contributed by atoms with Crippen molar-refractivity contribution >= 4 is 23.1 Å². The first-order valence-electron chi connectivity index (χ1n) is 6.59. The molecule has 1 saturated heterocycles. The molecule has 0 amide bonds. The van der Waals surface area contributed by atoms with E-state index in [4.69, 9.17) is 5.11 Å². The van der Waals surface area contributed by atoms with Crippen LogP contribution >= 0.6 is 11.3 Å². The highest BCUT2D eigenvalue weighted by molar-refractivity contribution is 7.09. The average Bonchev–Trinajstić information content (AvgIpc) is 3.02. The van der Waals surface area contributed by atoms with Gasteiger partial charge in [0.05, 0.1) is 5.01 Å². The number of pyridine rings is 1. The molecule has 0 aromatic carbocycles. The van der Waals surface area contributed by atoms with Crippen LogP contribution in [0.5, 0.6) is 0 Å². The minimum Gasteiger partial charge on any atom is -0.477 e. The zero-order valence-electron chi connectivity index (χ0n) is 10.9. The highest BCUT2D eigenvalue weighted by Gasteiger charge is 2.23. The molecule has 0 bridgehead atoms. The number of aromatic carboxylic acids is 1. The minimum absolute atomic E-state index is 0.101. The van der Waals surface area contributed by atoms with Gasteiger partial charge in [0, 0.05) is 30.6 Å². The number of thiazole rings is 1. The Morgan fingerprint density at radius 1 is 1.35 bits per heavy atom. The first kappa shape index (κ1) is 13.1. The van der Waals surface area contributed by atoms with Crippen molar-refractivity contribution in [1.82, 2.24) is 9.97 Å². The Morgan fingerprint density at radius 2 is 2.15 bits per heavy atom. The summed E-state index contributed by atoms with van der Waals surface area (Å²) in [5, 5.41) is 12.2. The van der Waals surface area contributed by atoms with Gasteiger partial charge in [-0.3, -0.25) is 0 Å². The number of carbonyl (C=O) groups is 1. The number of piperidine rings is 1. The second kappa shape index (κ2) is 5.58. The van der Waals surface area contributed by atoms with E-state index in [1.165, 1.54) is 11.1 Å². The summed E-state index contributed by atoms with van der Waals surface area (Å²) >= 11 is 1.71. The van der Waals surface area contributed by atoms with Gasteiger partial charge in [0.1, 0.15) is 5.82 Å². The summed E-state index contributed by atoms with van der Waals surface area (Å²) in [4.78, 5) is 21.7. The van der Waals surface area contributed by atoms with E-state index in [-0.39, 0.29) is 5.69 Å². The zero-order valence-corrected chi connectivity index (χ0v) is 11.7. The van der Waals surface area contributed by atoms with Gasteiger partial charge in [-0.1, -0.05) is 6.07 Å². The van der Waals surface area contributed by atoms with Gasteiger partial charge in [0.15, 0.2) is 5.69 Å². The van der Waals surface area contributed by atoms with Gasteiger partial charge in [0.25, 0.3) is 0 Å². The highest BCUT2D eigenvalue weighted by atomic mass is 32.1. The molecule has 1 aliphatic heterocycles. The minimum atomic E-state index is -0.982. The van der Waals surface area contributed by atoms with Crippen LogP contribution < -0.4 is 4.90 Å². The maximum atomic E-state index is 11.0. The van der Waals surface area contributed by atoms with E-state index < -0.39 is 5.97 Å². The molecule has 0 atom stereocenters. The van der Waals surface area contributed by atoms with Crippen molar-refractivity contribution in [3.63, 3.8) is 0 Å². The fourth-order valence-corrected chi connectivity index (χ4v) is 3.32. The molecule has 2 aromatic rings. The number of carboxylic acids is 1. The molecule has 2 aromatic heterocycles. The van der Waals surface area contributed by atoms with Crippen LogP contribution in [0.25, 0.3) is 0 Å². The third-order valence-electron chi connectivity index (χ3n) is 3.57. The second-order valence-electron chi connectivity index (χ2n) is 4.82. The van der Waals surface area contributed by atoms with Crippen molar-refractivity contribution in [1.29, 1.82) is 0 Å². The van der Waals surface area contributed by atoms with Gasteiger partial charge < -0.3 is 10.0 Å². The van der Waals surface area contributed by atoms with Gasteiger partial charge >= 0.3 is 5.97 Å². The van der Waals surface area contributed by atoms with Gasteiger partial charge in [-0.25, -0.2) is 14.8 Å². The van der Waals surface area contributed by atoms with Crippen LogP contribution in [-0.2, 0) is 0 Å². The quantitative estimate of drug-likeness (QED) is 0.941. The van der Waals surface area contributed by atoms with Gasteiger partial charge in [0.2, 0.25) is 0 Å². The fraction of sp³-hybridized carbons (Fsp3) is 0.357. The lowest BCUT2D eigenvalue weighted by atomic mass is 9.97. The third-order valence-corrected chi connectivity index (χ3v) is 4.51. The smallest absolute Gasteiger partial charge is 0.354 e. The van der Waals surface area contributed by atoms with Crippen LogP contribution in [0.1, 0.15) is 34.3 Å². The highest BCUT2D eigenvalue weighted by Crippen LogP contribution is 2.30. The molecule has 1 aliphatic rings. The summed E-state index contributed by atoms with van der Waals surface area (Å²) in [7, 11) is 0. The molecule has 0 radical (unpaired) electrons. The number of aromatic nitrogens is 2. The molecule has 3 rings (SSSR count). The number of anilines is 1. The Kier molecular flexibility index (Phi) is 3.64. The molecule has 0 aliphatic carbocycles. The lowest BCUT2D eigenvalue weighted by Gasteiger charge is -2.32. The molecular formula is C14H15N3O2S. The summed E-state index contributed by atoms with van der Waals surface area (Å²) in [5.41, 5.74) is 0.101. The van der Waals surface area contributed by atoms with Gasteiger partial charge in [-0.2, -0.15) is 0 Å². The largest absolute Gasteiger partial charge is 0.477 e. The van der Waals surface area contributed by atoms with Gasteiger partial charge in [-0.05, 0) is 25.0 Å². The lowest BCUT2D eigenvalue weighted by molar-refractivity contribution is 0.0690. The van der Waals surface area contributed by atoms with Gasteiger partial charge in [-0.15, -0.1) is 11.3 Å². The van der Waals surface area contributed by atoms with Crippen molar-refractivity contribution in [2.45, 2.75) is 18.8 Å². The zero-order chi connectivity index (χ0) is 13.9. The molecular weight excluding hydrogens is 274 g/mol. The summed E-state index contributed by atoms with van der Waals surface area (Å²) in [6, 6.07) is 5.14. The lowest BCUT2D eigenvalue weighted by Crippen LogP contribution is -2.33. The Hall–Kier alpha value is -1.95. The number of hydrogen-bond acceptors (Lipinski definition) is 5. The van der Waals surface area contributed by atoms with Crippen LogP contribution in [-0.4, -0.2) is 34.1 Å². The van der Waals surface area contributed by atoms with Crippen molar-refractivity contribution in [3.05, 3.63) is 40.5 Å². The molecule has 1 N–H and O–H groups in total. The topological polar surface area (TPSA) is 66.3 Å². The Balaban J connectivity index is 1.69. The van der Waals surface area contributed by atoms with E-state index in [0.717, 1.165) is 31.7 Å². The summed E-state index contributed by atoms with van der Waals surface area (Å²) in [6.45, 7) is 1.78. The van der Waals surface area contributed by atoms with Crippen molar-refractivity contribution < 1.29 is 9.90 Å². The van der Waals surface area contributed by atoms with E-state index in [1.807, 2.05) is 17.6 Å². The molecule has 3 heterocycles. The van der Waals surface area contributed by atoms with E-state index in [1.54, 1.807) is 17.4 Å². The van der Waals surface area contributed by atoms with E-state index in [0.29, 0.717) is 5.92 Å². The van der Waals surface area contributed by atoms with E-state index >= 15 is 0 Å². The van der Waals surface area contributed by atoms with Crippen molar-refractivity contribution in [2.24, 2.45) is 0 Å². The number of rotatable bonds is 3. The standard InChI is InChI=1S/C14H15N3O2S/c18-14(19)11-2-1-3-12(16-11)17-7-4-10(5-8-17)13-15-6-9-20-13/h1-3,6,9-10H,4-5,7-8H2,(H,18,19). The summed E-state index contributed by atoms with van der Waals surface area (Å²) in [5.74, 6) is 0.293. The second-order valence-corrected chi connectivity index (χ2v) is 5.74. The van der Waals surface area contributed by atoms with Crippen LogP contribution in [0.15, 0.2) is 29.8 Å². The van der Waals surface area contributed by atoms with Crippen molar-refractivity contribution in [2.75, 3.05) is 18.0 Å². The Morgan fingerprint density at radius 3 is 2.80 bits per heavy atom. The SMILES string of the molecule is O=C(O)c1cccc(N2CCC(c3nccs3)CC2)n1. The predicted octanol–water partition coefficient (Wildman–Crippen LogP) is 2.62. The molecule has 0 spiro atoms. The summed E-state index contributed by atoms with van der Waals surface area (Å²) in [6.07, 6.45) is 3.92. The molecule has 6 heteroatoms. The van der Waals surface area contributed by atoms with Crippen LogP contribution in [0.2, 0.25) is 0 Å². The maximum Gasteiger partial charge on any atom is 0.354 e. The van der Waals surface area contributed by atoms with E-state index in [9.17, 15) is 4.79 Å². The van der Waals surface area contributed by atoms with Crippen molar-refractivity contribution in [3.8, 4) is 0 Å². The normalized spacial score (nSPS) is 16.3. The first-order valence-corrected chi connectivity index (χ1v) is 7.46. The molecule has 104 valence electrons. The number of hydrogen-bond donors (Lipinski definition) is 1. The molecule has 0 unspecified atom stereocenters. The van der Waals surface area contributed by atoms with Crippen LogP contribution in [0, 0.1) is 0 Å². The summed E-state index contributed by atoms with van der Waals surface area (Å²) < 4.78 is 0. The van der Waals surface area contributed by atoms with E-state index in [2.05, 4.69) is 14.9 Å². The van der Waals surface area contributed by atoms with Crippen LogP contribution in [0.4, 0.5) is 5.82 Å². The Labute approximate surface area is 120 Å². The monoisotopic (exact) mass is 289 g/mol. The Bertz CT molecular complexity index is 592. The fourth-order valence-electron chi connectivity index (χ4n) is 2.51. The maximum absolute atomic E-state index is 11.0. The third kappa shape index (κ3) is 2.65. The molecule has 1 fully saturated rings.